The van der Waals surface area contributed by atoms with Crippen LogP contribution in [0.4, 0.5) is 5.69 Å². The minimum Gasteiger partial charge on any atom is -0.497 e. The molecule has 3 rings (SSSR count). The van der Waals surface area contributed by atoms with Gasteiger partial charge in [-0.25, -0.2) is 0 Å². The molecule has 2 amide bonds. The van der Waals surface area contributed by atoms with Crippen molar-refractivity contribution in [2.24, 2.45) is 7.05 Å². The molecule has 0 aliphatic heterocycles. The van der Waals surface area contributed by atoms with Gasteiger partial charge in [0.05, 0.1) is 25.3 Å². The van der Waals surface area contributed by atoms with Crippen molar-refractivity contribution in [2.45, 2.75) is 38.4 Å². The maximum Gasteiger partial charge on any atom is 0.234 e. The van der Waals surface area contributed by atoms with Crippen molar-refractivity contribution >= 4 is 29.3 Å². The first-order valence-electron chi connectivity index (χ1n) is 10.6. The first kappa shape index (κ1) is 24.3. The first-order chi connectivity index (χ1) is 15.7. The smallest absolute Gasteiger partial charge is 0.234 e. The Balaban J connectivity index is 1.53. The zero-order valence-corrected chi connectivity index (χ0v) is 20.3. The van der Waals surface area contributed by atoms with Crippen LogP contribution >= 0.6 is 11.8 Å². The highest BCUT2D eigenvalue weighted by Gasteiger charge is 2.18. The summed E-state index contributed by atoms with van der Waals surface area (Å²) in [7, 11) is 3.43. The van der Waals surface area contributed by atoms with Crippen LogP contribution in [-0.4, -0.2) is 39.4 Å². The fraction of sp³-hybridized carbons (Fsp3) is 0.333. The van der Waals surface area contributed by atoms with E-state index in [1.54, 1.807) is 11.7 Å². The highest BCUT2D eigenvalue weighted by Crippen LogP contribution is 2.20. The average Bonchev–Trinajstić information content (AvgIpc) is 3.12. The number of thioether (sulfide) groups is 1. The van der Waals surface area contributed by atoms with Crippen molar-refractivity contribution in [3.8, 4) is 5.75 Å². The van der Waals surface area contributed by atoms with Crippen molar-refractivity contribution in [2.75, 3.05) is 18.2 Å². The van der Waals surface area contributed by atoms with Gasteiger partial charge in [0.1, 0.15) is 5.75 Å². The van der Waals surface area contributed by atoms with E-state index in [9.17, 15) is 9.59 Å². The summed E-state index contributed by atoms with van der Waals surface area (Å²) in [5, 5.41) is 14.9. The Morgan fingerprint density at radius 3 is 2.36 bits per heavy atom. The van der Waals surface area contributed by atoms with E-state index in [1.807, 2.05) is 64.2 Å². The molecular formula is C24H29N5O3S. The van der Waals surface area contributed by atoms with Crippen LogP contribution in [0.2, 0.25) is 0 Å². The van der Waals surface area contributed by atoms with Gasteiger partial charge in [0.2, 0.25) is 11.8 Å². The Labute approximate surface area is 198 Å². The normalized spacial score (nSPS) is 11.7. The number of ether oxygens (including phenoxy) is 1. The highest BCUT2D eigenvalue weighted by molar-refractivity contribution is 7.99. The number of nitrogens with one attached hydrogen (secondary N) is 2. The van der Waals surface area contributed by atoms with E-state index >= 15 is 0 Å². The van der Waals surface area contributed by atoms with Crippen LogP contribution < -0.4 is 15.4 Å². The molecule has 2 aromatic carbocycles. The van der Waals surface area contributed by atoms with E-state index in [0.29, 0.717) is 11.0 Å². The molecular weight excluding hydrogens is 438 g/mol. The largest absolute Gasteiger partial charge is 0.497 e. The van der Waals surface area contributed by atoms with Crippen LogP contribution in [0.3, 0.4) is 0 Å². The lowest BCUT2D eigenvalue weighted by atomic mass is 10.1. The lowest BCUT2D eigenvalue weighted by Crippen LogP contribution is -2.29. The van der Waals surface area contributed by atoms with Crippen LogP contribution in [0.25, 0.3) is 0 Å². The molecule has 1 heterocycles. The molecule has 0 bridgehead atoms. The number of amides is 2. The Kier molecular flexibility index (Phi) is 8.11. The van der Waals surface area contributed by atoms with Crippen LogP contribution in [-0.2, 0) is 23.1 Å². The molecule has 0 radical (unpaired) electrons. The van der Waals surface area contributed by atoms with Gasteiger partial charge in [0.15, 0.2) is 11.0 Å². The monoisotopic (exact) mass is 467 g/mol. The number of nitrogens with zero attached hydrogens (tertiary/aromatic N) is 3. The third kappa shape index (κ3) is 6.82. The van der Waals surface area contributed by atoms with Gasteiger partial charge >= 0.3 is 0 Å². The number of carbonyl (C=O) groups excluding carboxylic acids is 2. The predicted octanol–water partition coefficient (Wildman–Crippen LogP) is 3.59. The van der Waals surface area contributed by atoms with Crippen LogP contribution in [0.5, 0.6) is 5.75 Å². The second kappa shape index (κ2) is 11.0. The minimum atomic E-state index is -0.327. The average molecular weight is 468 g/mol. The summed E-state index contributed by atoms with van der Waals surface area (Å²) in [6.45, 7) is 5.85. The number of aromatic nitrogens is 3. The maximum absolute atomic E-state index is 12.4. The summed E-state index contributed by atoms with van der Waals surface area (Å²) in [6.07, 6.45) is 0.256. The van der Waals surface area contributed by atoms with E-state index in [2.05, 4.69) is 26.9 Å². The highest BCUT2D eigenvalue weighted by atomic mass is 32.2. The molecule has 174 valence electrons. The van der Waals surface area contributed by atoms with E-state index in [-0.39, 0.29) is 30.0 Å². The van der Waals surface area contributed by atoms with Gasteiger partial charge in [0, 0.05) is 12.7 Å². The molecule has 0 spiro atoms. The number of aryl methyl sites for hydroxylation is 2. The Bertz CT molecular complexity index is 1110. The quantitative estimate of drug-likeness (QED) is 0.467. The molecule has 8 nitrogen and oxygen atoms in total. The number of methoxy groups -OCH3 is 1. The second-order valence-corrected chi connectivity index (χ2v) is 8.87. The van der Waals surface area contributed by atoms with Gasteiger partial charge < -0.3 is 19.9 Å². The van der Waals surface area contributed by atoms with Crippen molar-refractivity contribution in [1.29, 1.82) is 0 Å². The van der Waals surface area contributed by atoms with Crippen molar-refractivity contribution in [3.63, 3.8) is 0 Å². The molecule has 2 N–H and O–H groups in total. The van der Waals surface area contributed by atoms with Gasteiger partial charge in [-0.05, 0) is 61.7 Å². The Morgan fingerprint density at radius 1 is 1.06 bits per heavy atom. The summed E-state index contributed by atoms with van der Waals surface area (Å²) < 4.78 is 6.94. The third-order valence-electron chi connectivity index (χ3n) is 4.99. The number of carbonyl (C=O) groups is 2. The van der Waals surface area contributed by atoms with E-state index in [4.69, 9.17) is 4.74 Å². The lowest BCUT2D eigenvalue weighted by Gasteiger charge is -2.14. The fourth-order valence-electron chi connectivity index (χ4n) is 3.49. The summed E-state index contributed by atoms with van der Waals surface area (Å²) in [4.78, 5) is 24.8. The van der Waals surface area contributed by atoms with Crippen LogP contribution in [0, 0.1) is 13.8 Å². The second-order valence-electron chi connectivity index (χ2n) is 7.93. The predicted molar refractivity (Wildman–Crippen MR) is 130 cm³/mol. The van der Waals surface area contributed by atoms with Crippen molar-refractivity contribution in [1.82, 2.24) is 20.1 Å². The number of hydrogen-bond acceptors (Lipinski definition) is 6. The summed E-state index contributed by atoms with van der Waals surface area (Å²) in [5.41, 5.74) is 3.87. The minimum absolute atomic E-state index is 0.113. The standard InChI is InChI=1S/C24H29N5O3S/c1-15-10-16(2)12-19(11-15)26-22(31)14-33-24-28-27-23(29(24)4)17(3)25-21(30)13-18-6-8-20(32-5)9-7-18/h6-12,17H,13-14H2,1-5H3,(H,25,30)(H,26,31)/t17-/m1/s1. The molecule has 1 aromatic heterocycles. The maximum atomic E-state index is 12.4. The molecule has 0 unspecified atom stereocenters. The number of hydrogen-bond donors (Lipinski definition) is 2. The van der Waals surface area contributed by atoms with Gasteiger partial charge in [-0.3, -0.25) is 9.59 Å². The molecule has 3 aromatic rings. The van der Waals surface area contributed by atoms with E-state index in [0.717, 1.165) is 28.1 Å². The molecule has 9 heteroatoms. The van der Waals surface area contributed by atoms with Crippen LogP contribution in [0.15, 0.2) is 47.6 Å². The van der Waals surface area contributed by atoms with Crippen LogP contribution in [0.1, 0.15) is 35.5 Å². The fourth-order valence-corrected chi connectivity index (χ4v) is 4.21. The topological polar surface area (TPSA) is 98.1 Å². The molecule has 0 aliphatic rings. The van der Waals surface area contributed by atoms with Gasteiger partial charge in [-0.1, -0.05) is 30.0 Å². The molecule has 0 aliphatic carbocycles. The summed E-state index contributed by atoms with van der Waals surface area (Å²) in [6, 6.07) is 13.0. The van der Waals surface area contributed by atoms with Gasteiger partial charge in [-0.2, -0.15) is 0 Å². The third-order valence-corrected chi connectivity index (χ3v) is 6.02. The number of benzene rings is 2. The molecule has 33 heavy (non-hydrogen) atoms. The zero-order chi connectivity index (χ0) is 24.0. The zero-order valence-electron chi connectivity index (χ0n) is 19.5. The molecule has 0 fully saturated rings. The first-order valence-corrected chi connectivity index (χ1v) is 11.6. The van der Waals surface area contributed by atoms with Gasteiger partial charge in [-0.15, -0.1) is 10.2 Å². The number of anilines is 1. The van der Waals surface area contributed by atoms with E-state index < -0.39 is 0 Å². The van der Waals surface area contributed by atoms with Crippen molar-refractivity contribution in [3.05, 3.63) is 65.0 Å². The lowest BCUT2D eigenvalue weighted by molar-refractivity contribution is -0.121. The van der Waals surface area contributed by atoms with E-state index in [1.165, 1.54) is 11.8 Å². The summed E-state index contributed by atoms with van der Waals surface area (Å²) >= 11 is 1.30. The molecule has 0 saturated heterocycles. The SMILES string of the molecule is COc1ccc(CC(=O)N[C@H](C)c2nnc(SCC(=O)Nc3cc(C)cc(C)c3)n2C)cc1. The van der Waals surface area contributed by atoms with Gasteiger partial charge in [0.25, 0.3) is 0 Å². The molecule has 0 saturated carbocycles. The Morgan fingerprint density at radius 2 is 1.73 bits per heavy atom. The Hall–Kier alpha value is -3.33. The number of rotatable bonds is 9. The van der Waals surface area contributed by atoms with Crippen molar-refractivity contribution < 1.29 is 14.3 Å². The summed E-state index contributed by atoms with van der Waals surface area (Å²) in [5.74, 6) is 1.35. The molecule has 1 atom stereocenters.